The van der Waals surface area contributed by atoms with Crippen molar-refractivity contribution in [2.24, 2.45) is 58.7 Å². The molecule has 4 rings (SSSR count). The van der Waals surface area contributed by atoms with E-state index >= 15 is 0 Å². The summed E-state index contributed by atoms with van der Waals surface area (Å²) in [5, 5.41) is 8.58. The van der Waals surface area contributed by atoms with Crippen molar-refractivity contribution in [2.75, 3.05) is 191 Å². The molecule has 0 aromatic rings. The molecule has 122 heavy (non-hydrogen) atoms. The lowest BCUT2D eigenvalue weighted by molar-refractivity contribution is -0.258. The third kappa shape index (κ3) is 46.4. The van der Waals surface area contributed by atoms with Gasteiger partial charge in [0.15, 0.2) is 24.7 Å². The Bertz CT molecular complexity index is 2720. The van der Waals surface area contributed by atoms with E-state index in [4.69, 9.17) is 90.0 Å². The Morgan fingerprint density at radius 3 is 1.03 bits per heavy atom. The molecule has 0 bridgehead atoms. The highest BCUT2D eigenvalue weighted by molar-refractivity contribution is 5.85. The molecule has 0 aliphatic carbocycles. The van der Waals surface area contributed by atoms with Crippen molar-refractivity contribution in [3.63, 3.8) is 0 Å². The van der Waals surface area contributed by atoms with Crippen molar-refractivity contribution < 1.29 is 138 Å². The number of ketones is 3. The van der Waals surface area contributed by atoms with Crippen molar-refractivity contribution in [1.29, 1.82) is 0 Å². The zero-order valence-corrected chi connectivity index (χ0v) is 76.3. The molecular formula is C89H156N4O29. The van der Waals surface area contributed by atoms with Crippen molar-refractivity contribution in [2.45, 2.75) is 262 Å². The number of unbranched alkanes of at least 4 members (excludes halogenated alkanes) is 7. The van der Waals surface area contributed by atoms with E-state index in [-0.39, 0.29) is 313 Å². The van der Waals surface area contributed by atoms with E-state index in [1.165, 1.54) is 27.7 Å². The van der Waals surface area contributed by atoms with E-state index in [1.807, 2.05) is 4.90 Å². The number of rotatable bonds is 71. The average molecular weight is 1750 g/mol. The fourth-order valence-corrected chi connectivity index (χ4v) is 15.1. The topological polar surface area (TPSA) is 385 Å². The van der Waals surface area contributed by atoms with Gasteiger partial charge in [-0.05, 0) is 68.1 Å². The van der Waals surface area contributed by atoms with Crippen LogP contribution >= 0.6 is 0 Å². The van der Waals surface area contributed by atoms with Gasteiger partial charge in [-0.25, -0.2) is 0 Å². The van der Waals surface area contributed by atoms with Crippen LogP contribution in [0.1, 0.15) is 213 Å². The second kappa shape index (κ2) is 64.4. The number of carbonyl (C=O) groups excluding carboxylic acids is 10. The first kappa shape index (κ1) is 109. The SMILES string of the molecule is CC[C@@H]1C[C@@H](OCC(=O)CCC(C)=O)CN1C(=O)CCCCCCCCCCC(=O)CC(COCCC(=O)NCCOCCOCCOC1OC(COC(C)=O)C(C)C(C)C1C)(COCCC(=O)NCCOCCOCCOC1OC(COC(C)=O)C(C)C(C)C1C)COCCC(=O)NCCOCCOCCOC1OC(COC(C)=O)C(C)C(C)C1C. The van der Waals surface area contributed by atoms with E-state index in [2.05, 4.69) is 85.2 Å². The van der Waals surface area contributed by atoms with E-state index in [9.17, 15) is 47.9 Å². The lowest BCUT2D eigenvalue weighted by Crippen LogP contribution is -2.48. The average Bonchev–Trinajstić information content (AvgIpc) is 1.12. The molecule has 706 valence electrons. The van der Waals surface area contributed by atoms with Crippen LogP contribution in [0.4, 0.5) is 0 Å². The zero-order valence-electron chi connectivity index (χ0n) is 76.3. The maximum Gasteiger partial charge on any atom is 0.302 e. The Balaban J connectivity index is 1.28. The maximum absolute atomic E-state index is 14.2. The predicted octanol–water partition coefficient (Wildman–Crippen LogP) is 8.47. The highest BCUT2D eigenvalue weighted by atomic mass is 16.7. The van der Waals surface area contributed by atoms with Crippen molar-refractivity contribution in [3.05, 3.63) is 0 Å². The highest BCUT2D eigenvalue weighted by Crippen LogP contribution is 2.39. The van der Waals surface area contributed by atoms with Crippen LogP contribution in [0.15, 0.2) is 0 Å². The number of likely N-dealkylation sites (tertiary alicyclic amines) is 1. The minimum Gasteiger partial charge on any atom is -0.463 e. The molecule has 0 radical (unpaired) electrons. The van der Waals surface area contributed by atoms with Crippen LogP contribution in [0.3, 0.4) is 0 Å². The smallest absolute Gasteiger partial charge is 0.302 e. The van der Waals surface area contributed by atoms with Gasteiger partial charge < -0.3 is 116 Å². The number of nitrogens with zero attached hydrogens (tertiary/aromatic N) is 1. The fraction of sp³-hybridized carbons (Fsp3) is 0.888. The summed E-state index contributed by atoms with van der Waals surface area (Å²) >= 11 is 0. The Morgan fingerprint density at radius 2 is 0.689 bits per heavy atom. The molecule has 0 aromatic heterocycles. The molecule has 33 nitrogen and oxygen atoms in total. The van der Waals surface area contributed by atoms with Gasteiger partial charge in [0.25, 0.3) is 0 Å². The van der Waals surface area contributed by atoms with Crippen LogP contribution in [0, 0.1) is 58.7 Å². The van der Waals surface area contributed by atoms with Gasteiger partial charge in [0.1, 0.15) is 38.0 Å². The van der Waals surface area contributed by atoms with Crippen molar-refractivity contribution in [3.8, 4) is 0 Å². The first-order valence-electron chi connectivity index (χ1n) is 45.2. The number of ether oxygens (including phenoxy) is 19. The van der Waals surface area contributed by atoms with E-state index < -0.39 is 24.3 Å². The second-order valence-electron chi connectivity index (χ2n) is 33.6. The Morgan fingerprint density at radius 1 is 0.352 bits per heavy atom. The third-order valence-electron chi connectivity index (χ3n) is 23.9. The molecule has 15 unspecified atom stereocenters. The molecule has 3 N–H and O–H groups in total. The molecule has 0 aromatic carbocycles. The summed E-state index contributed by atoms with van der Waals surface area (Å²) in [5.41, 5.74) is -1.09. The van der Waals surface area contributed by atoms with Gasteiger partial charge in [-0.15, -0.1) is 0 Å². The monoisotopic (exact) mass is 1750 g/mol. The minimum absolute atomic E-state index is 0.00447. The normalized spacial score (nSPS) is 25.2. The number of carbonyl (C=O) groups is 10. The molecular weight excluding hydrogens is 1590 g/mol. The van der Waals surface area contributed by atoms with Crippen LogP contribution in [-0.2, 0) is 138 Å². The van der Waals surface area contributed by atoms with Crippen molar-refractivity contribution >= 4 is 58.9 Å². The summed E-state index contributed by atoms with van der Waals surface area (Å²) in [7, 11) is 0. The first-order chi connectivity index (χ1) is 58.5. The number of hydrogen-bond donors (Lipinski definition) is 3. The summed E-state index contributed by atoms with van der Waals surface area (Å²) < 4.78 is 111. The van der Waals surface area contributed by atoms with E-state index in [0.717, 1.165) is 51.4 Å². The molecule has 4 heterocycles. The van der Waals surface area contributed by atoms with Gasteiger partial charge in [-0.2, -0.15) is 0 Å². The molecule has 4 saturated heterocycles. The van der Waals surface area contributed by atoms with Gasteiger partial charge in [0.05, 0.1) is 163 Å². The standard InChI is InChI=1S/C89H156N4O29/c1-15-75-52-78(119-55-77(99)27-26-62(2)94)54-93(75)85(103)25-23-21-19-17-16-18-20-22-24-76(98)53-89(59-110-34-28-82(100)90-31-37-104-40-43-107-46-49-113-86-69(9)63(3)66(6)79(120-86)56-116-72(12)95,60-111-35-29-83(101)91-32-38-105-41-44-108-47-50-114-87-70(10)64(4)67(7)80(121-87)57-117-73(13)96)61-112-36-30-84(102)92-33-39-106-42-45-109-48-51-115-88-71(11)65(5)68(8)81(122-88)58-118-74(14)97/h63-71,75,78-81,86-88H,15-61H2,1-14H3,(H,90,100)(H,91,101)(H,92,102)/t63?,64?,65?,66?,67?,68?,69?,70?,71?,75-,78-,79?,80?,81?,86?,87?,88?,89?/m1/s1. The van der Waals surface area contributed by atoms with Crippen LogP contribution in [0.2, 0.25) is 0 Å². The van der Waals surface area contributed by atoms with Crippen LogP contribution < -0.4 is 16.0 Å². The number of nitrogens with one attached hydrogen (secondary N) is 3. The van der Waals surface area contributed by atoms with E-state index in [0.29, 0.717) is 85.3 Å². The lowest BCUT2D eigenvalue weighted by atomic mass is 9.79. The molecule has 0 spiro atoms. The van der Waals surface area contributed by atoms with Gasteiger partial charge in [-0.1, -0.05) is 108 Å². The van der Waals surface area contributed by atoms with Crippen LogP contribution in [-0.4, -0.2) is 304 Å². The maximum atomic E-state index is 14.2. The number of esters is 3. The van der Waals surface area contributed by atoms with Gasteiger partial charge >= 0.3 is 17.9 Å². The van der Waals surface area contributed by atoms with Gasteiger partial charge in [-0.3, -0.25) is 43.2 Å². The summed E-state index contributed by atoms with van der Waals surface area (Å²) in [6.45, 7) is 32.3. The zero-order chi connectivity index (χ0) is 89.5. The van der Waals surface area contributed by atoms with Crippen LogP contribution in [0.5, 0.6) is 0 Å². The number of Topliss-reactive ketones (excluding diaryl/α,β-unsaturated/α-hetero) is 3. The summed E-state index contributed by atoms with van der Waals surface area (Å²) in [6, 6.07) is 0.0677. The minimum atomic E-state index is -1.09. The summed E-state index contributed by atoms with van der Waals surface area (Å²) in [6.07, 6.45) is 7.17. The third-order valence-corrected chi connectivity index (χ3v) is 23.9. The largest absolute Gasteiger partial charge is 0.463 e. The number of amides is 4. The fourth-order valence-electron chi connectivity index (χ4n) is 15.1. The Kier molecular flexibility index (Phi) is 57.5. The van der Waals surface area contributed by atoms with Crippen LogP contribution in [0.25, 0.3) is 0 Å². The summed E-state index contributed by atoms with van der Waals surface area (Å²) in [5.74, 6) is -0.224. The first-order valence-corrected chi connectivity index (χ1v) is 45.2. The molecule has 33 heteroatoms. The predicted molar refractivity (Wildman–Crippen MR) is 450 cm³/mol. The quantitative estimate of drug-likeness (QED) is 0.0292. The molecule has 4 aliphatic heterocycles. The second-order valence-corrected chi connectivity index (χ2v) is 33.6. The Hall–Kier alpha value is -5.34. The Labute approximate surface area is 726 Å². The van der Waals surface area contributed by atoms with Crippen molar-refractivity contribution in [1.82, 2.24) is 20.9 Å². The summed E-state index contributed by atoms with van der Waals surface area (Å²) in [4.78, 5) is 127. The molecule has 0 saturated carbocycles. The van der Waals surface area contributed by atoms with Gasteiger partial charge in [0.2, 0.25) is 23.6 Å². The molecule has 4 aliphatic rings. The highest BCUT2D eigenvalue weighted by Gasteiger charge is 2.44. The number of hydrogen-bond acceptors (Lipinski definition) is 29. The van der Waals surface area contributed by atoms with Gasteiger partial charge in [0, 0.05) is 128 Å². The molecule has 4 fully saturated rings. The molecule has 4 amide bonds. The van der Waals surface area contributed by atoms with E-state index in [1.54, 1.807) is 0 Å². The lowest BCUT2D eigenvalue weighted by Gasteiger charge is -2.43. The molecule has 17 atom stereocenters.